The zero-order valence-corrected chi connectivity index (χ0v) is 9.52. The van der Waals surface area contributed by atoms with Crippen LogP contribution in [0.3, 0.4) is 0 Å². The molecule has 0 aliphatic heterocycles. The molecule has 2 heteroatoms. The maximum Gasteiger partial charge on any atom is 0.0991 e. The first kappa shape index (κ1) is 10.0. The minimum absolute atomic E-state index is 0.817. The lowest BCUT2D eigenvalue weighted by atomic mass is 10.0. The van der Waals surface area contributed by atoms with Crippen LogP contribution in [-0.2, 0) is 0 Å². The van der Waals surface area contributed by atoms with Gasteiger partial charge in [0.25, 0.3) is 0 Å². The highest BCUT2D eigenvalue weighted by atomic mass is 32.2. The molecule has 0 radical (unpaired) electrons. The fourth-order valence-electron chi connectivity index (χ4n) is 1.94. The minimum atomic E-state index is 0.817. The van der Waals surface area contributed by atoms with Gasteiger partial charge in [0, 0.05) is 11.4 Å². The van der Waals surface area contributed by atoms with Crippen LogP contribution in [0.4, 0.5) is 0 Å². The van der Waals surface area contributed by atoms with Crippen LogP contribution in [0, 0.1) is 6.92 Å². The normalized spacial score (nSPS) is 18.4. The molecule has 1 aliphatic carbocycles. The number of hydrogen-bond acceptors (Lipinski definition) is 2. The van der Waals surface area contributed by atoms with E-state index in [0.29, 0.717) is 0 Å². The highest BCUT2D eigenvalue weighted by Gasteiger charge is 2.15. The first-order valence-corrected chi connectivity index (χ1v) is 6.32. The van der Waals surface area contributed by atoms with Crippen LogP contribution in [-0.4, -0.2) is 10.2 Å². The van der Waals surface area contributed by atoms with E-state index in [2.05, 4.69) is 18.0 Å². The van der Waals surface area contributed by atoms with E-state index in [1.807, 2.05) is 24.0 Å². The van der Waals surface area contributed by atoms with Crippen molar-refractivity contribution in [2.75, 3.05) is 0 Å². The molecule has 0 amide bonds. The number of aryl methyl sites for hydroxylation is 1. The second-order valence-corrected chi connectivity index (χ2v) is 5.29. The van der Waals surface area contributed by atoms with Gasteiger partial charge in [-0.2, -0.15) is 0 Å². The second kappa shape index (κ2) is 4.83. The van der Waals surface area contributed by atoms with Gasteiger partial charge in [-0.15, -0.1) is 11.8 Å². The van der Waals surface area contributed by atoms with Gasteiger partial charge in [0.05, 0.1) is 5.03 Å². The summed E-state index contributed by atoms with van der Waals surface area (Å²) in [6.45, 7) is 2.15. The van der Waals surface area contributed by atoms with Gasteiger partial charge in [-0.05, 0) is 31.4 Å². The fraction of sp³-hybridized carbons (Fsp3) is 0.583. The van der Waals surface area contributed by atoms with E-state index >= 15 is 0 Å². The van der Waals surface area contributed by atoms with E-state index in [4.69, 9.17) is 0 Å². The van der Waals surface area contributed by atoms with Crippen LogP contribution in [0.2, 0.25) is 0 Å². The Kier molecular flexibility index (Phi) is 3.46. The third-order valence-corrected chi connectivity index (χ3v) is 4.25. The maximum atomic E-state index is 4.44. The minimum Gasteiger partial charge on any atom is -0.250 e. The van der Waals surface area contributed by atoms with Gasteiger partial charge in [-0.25, -0.2) is 4.98 Å². The van der Waals surface area contributed by atoms with Crippen LogP contribution in [0.5, 0.6) is 0 Å². The number of thioether (sulfide) groups is 1. The summed E-state index contributed by atoms with van der Waals surface area (Å²) < 4.78 is 0. The summed E-state index contributed by atoms with van der Waals surface area (Å²) in [5.74, 6) is 0. The van der Waals surface area contributed by atoms with Gasteiger partial charge >= 0.3 is 0 Å². The quantitative estimate of drug-likeness (QED) is 0.731. The van der Waals surface area contributed by atoms with Gasteiger partial charge in [0.2, 0.25) is 0 Å². The SMILES string of the molecule is Cc1cccnc1SC1CCCCC1. The first-order valence-electron chi connectivity index (χ1n) is 5.44. The Morgan fingerprint density at radius 1 is 1.29 bits per heavy atom. The molecule has 14 heavy (non-hydrogen) atoms. The molecule has 0 atom stereocenters. The molecule has 1 nitrogen and oxygen atoms in total. The lowest BCUT2D eigenvalue weighted by Crippen LogP contribution is -2.08. The monoisotopic (exact) mass is 207 g/mol. The predicted molar refractivity (Wildman–Crippen MR) is 61.7 cm³/mol. The molecule has 0 N–H and O–H groups in total. The molecule has 2 rings (SSSR count). The summed E-state index contributed by atoms with van der Waals surface area (Å²) in [4.78, 5) is 4.44. The van der Waals surface area contributed by atoms with Crippen molar-refractivity contribution >= 4 is 11.8 Å². The molecule has 1 fully saturated rings. The molecular formula is C12H17NS. The molecule has 0 unspecified atom stereocenters. The molecule has 1 aliphatic rings. The lowest BCUT2D eigenvalue weighted by Gasteiger charge is -2.20. The lowest BCUT2D eigenvalue weighted by molar-refractivity contribution is 0.515. The van der Waals surface area contributed by atoms with Gasteiger partial charge in [0.1, 0.15) is 0 Å². The fourth-order valence-corrected chi connectivity index (χ4v) is 3.20. The maximum absolute atomic E-state index is 4.44. The van der Waals surface area contributed by atoms with Crippen molar-refractivity contribution in [3.05, 3.63) is 23.9 Å². The number of pyridine rings is 1. The molecule has 1 aromatic heterocycles. The standard InChI is InChI=1S/C12H17NS/c1-10-6-5-9-13-12(10)14-11-7-3-2-4-8-11/h5-6,9,11H,2-4,7-8H2,1H3. The molecule has 1 heterocycles. The predicted octanol–water partition coefficient (Wildman–Crippen LogP) is 3.81. The Balaban J connectivity index is 1.99. The van der Waals surface area contributed by atoms with E-state index in [1.54, 1.807) is 0 Å². The Morgan fingerprint density at radius 2 is 2.07 bits per heavy atom. The number of nitrogens with zero attached hydrogens (tertiary/aromatic N) is 1. The van der Waals surface area contributed by atoms with E-state index in [1.165, 1.54) is 42.7 Å². The Hall–Kier alpha value is -0.500. The van der Waals surface area contributed by atoms with Gasteiger partial charge < -0.3 is 0 Å². The highest BCUT2D eigenvalue weighted by molar-refractivity contribution is 7.99. The van der Waals surface area contributed by atoms with Crippen molar-refractivity contribution in [2.24, 2.45) is 0 Å². The summed E-state index contributed by atoms with van der Waals surface area (Å²) in [6.07, 6.45) is 8.89. The van der Waals surface area contributed by atoms with Crippen molar-refractivity contribution < 1.29 is 0 Å². The molecule has 0 bridgehead atoms. The largest absolute Gasteiger partial charge is 0.250 e. The third kappa shape index (κ3) is 2.50. The Morgan fingerprint density at radius 3 is 2.79 bits per heavy atom. The second-order valence-electron chi connectivity index (χ2n) is 4.00. The number of rotatable bonds is 2. The molecular weight excluding hydrogens is 190 g/mol. The molecule has 0 aromatic carbocycles. The highest BCUT2D eigenvalue weighted by Crippen LogP contribution is 2.33. The van der Waals surface area contributed by atoms with Crippen LogP contribution in [0.15, 0.2) is 23.4 Å². The van der Waals surface area contributed by atoms with Crippen LogP contribution >= 0.6 is 11.8 Å². The average molecular weight is 207 g/mol. The van der Waals surface area contributed by atoms with Gasteiger partial charge in [-0.1, -0.05) is 25.3 Å². The summed E-state index contributed by atoms with van der Waals surface area (Å²) in [6, 6.07) is 4.17. The van der Waals surface area contributed by atoms with Gasteiger partial charge in [-0.3, -0.25) is 0 Å². The van der Waals surface area contributed by atoms with E-state index < -0.39 is 0 Å². The van der Waals surface area contributed by atoms with Crippen LogP contribution in [0.1, 0.15) is 37.7 Å². The summed E-state index contributed by atoms with van der Waals surface area (Å²) >= 11 is 1.98. The van der Waals surface area contributed by atoms with Crippen molar-refractivity contribution in [3.63, 3.8) is 0 Å². The smallest absolute Gasteiger partial charge is 0.0991 e. The van der Waals surface area contributed by atoms with E-state index in [-0.39, 0.29) is 0 Å². The summed E-state index contributed by atoms with van der Waals surface area (Å²) in [5, 5.41) is 2.05. The number of aromatic nitrogens is 1. The number of hydrogen-bond donors (Lipinski definition) is 0. The van der Waals surface area contributed by atoms with Crippen LogP contribution in [0.25, 0.3) is 0 Å². The van der Waals surface area contributed by atoms with Crippen molar-refractivity contribution in [3.8, 4) is 0 Å². The van der Waals surface area contributed by atoms with Crippen molar-refractivity contribution in [1.29, 1.82) is 0 Å². The topological polar surface area (TPSA) is 12.9 Å². The van der Waals surface area contributed by atoms with Crippen molar-refractivity contribution in [1.82, 2.24) is 4.98 Å². The van der Waals surface area contributed by atoms with Crippen LogP contribution < -0.4 is 0 Å². The van der Waals surface area contributed by atoms with E-state index in [9.17, 15) is 0 Å². The summed E-state index contributed by atoms with van der Waals surface area (Å²) in [5.41, 5.74) is 1.32. The summed E-state index contributed by atoms with van der Waals surface area (Å²) in [7, 11) is 0. The molecule has 0 spiro atoms. The molecule has 0 saturated heterocycles. The molecule has 1 aromatic rings. The zero-order chi connectivity index (χ0) is 9.80. The van der Waals surface area contributed by atoms with E-state index in [0.717, 1.165) is 5.25 Å². The molecule has 76 valence electrons. The van der Waals surface area contributed by atoms with Gasteiger partial charge in [0.15, 0.2) is 0 Å². The zero-order valence-electron chi connectivity index (χ0n) is 8.70. The first-order chi connectivity index (χ1) is 6.86. The molecule has 1 saturated carbocycles. The average Bonchev–Trinajstić information content (AvgIpc) is 2.23. The Labute approximate surface area is 90.3 Å². The third-order valence-electron chi connectivity index (χ3n) is 2.79. The Bertz CT molecular complexity index is 292. The van der Waals surface area contributed by atoms with Crippen molar-refractivity contribution in [2.45, 2.75) is 49.3 Å².